The zero-order valence-corrected chi connectivity index (χ0v) is 14.7. The van der Waals surface area contributed by atoms with Crippen molar-refractivity contribution in [1.82, 2.24) is 19.8 Å². The van der Waals surface area contributed by atoms with Crippen molar-refractivity contribution in [2.45, 2.75) is 38.9 Å². The van der Waals surface area contributed by atoms with E-state index in [1.807, 2.05) is 13.8 Å². The number of piperidine rings is 1. The molecule has 5 rings (SSSR count). The van der Waals surface area contributed by atoms with E-state index in [9.17, 15) is 4.79 Å². The van der Waals surface area contributed by atoms with Gasteiger partial charge in [-0.3, -0.25) is 9.69 Å². The lowest BCUT2D eigenvalue weighted by Crippen LogP contribution is -2.68. The van der Waals surface area contributed by atoms with Crippen LogP contribution in [0.1, 0.15) is 23.4 Å². The third kappa shape index (κ3) is 2.34. The number of aryl methyl sites for hydroxylation is 3. The fourth-order valence-electron chi connectivity index (χ4n) is 3.77. The van der Waals surface area contributed by atoms with E-state index in [2.05, 4.69) is 20.1 Å². The standard InChI is InChI=1S/C16H20ClN5O2/c1-9-13(10(2)24-19-9)8-22-11-4-12(22)7-21(6-11)14-5-18-20(3)16(23)15(14)17/h5,11-12H,4,6-8H2,1-3H3. The van der Waals surface area contributed by atoms with Crippen LogP contribution in [0.25, 0.3) is 0 Å². The summed E-state index contributed by atoms with van der Waals surface area (Å²) in [6.07, 6.45) is 2.86. The van der Waals surface area contributed by atoms with Gasteiger partial charge in [0.15, 0.2) is 0 Å². The zero-order valence-electron chi connectivity index (χ0n) is 14.0. The molecule has 2 aromatic rings. The van der Waals surface area contributed by atoms with Gasteiger partial charge in [-0.15, -0.1) is 0 Å². The monoisotopic (exact) mass is 349 g/mol. The van der Waals surface area contributed by atoms with Crippen LogP contribution < -0.4 is 10.5 Å². The third-order valence-electron chi connectivity index (χ3n) is 5.27. The summed E-state index contributed by atoms with van der Waals surface area (Å²) in [6, 6.07) is 0.912. The molecule has 3 saturated heterocycles. The Morgan fingerprint density at radius 1 is 1.33 bits per heavy atom. The molecular weight excluding hydrogens is 330 g/mol. The van der Waals surface area contributed by atoms with Gasteiger partial charge in [-0.2, -0.15) is 5.10 Å². The molecule has 8 heteroatoms. The normalized spacial score (nSPS) is 23.4. The topological polar surface area (TPSA) is 67.4 Å². The predicted molar refractivity (Wildman–Crippen MR) is 90.4 cm³/mol. The molecule has 2 unspecified atom stereocenters. The highest BCUT2D eigenvalue weighted by Gasteiger charge is 2.45. The van der Waals surface area contributed by atoms with Gasteiger partial charge in [0.25, 0.3) is 5.56 Å². The average molecular weight is 350 g/mol. The Morgan fingerprint density at radius 2 is 2.04 bits per heavy atom. The van der Waals surface area contributed by atoms with Crippen LogP contribution >= 0.6 is 11.6 Å². The molecular formula is C16H20ClN5O2. The highest BCUT2D eigenvalue weighted by Crippen LogP contribution is 2.37. The first kappa shape index (κ1) is 15.7. The molecule has 2 atom stereocenters. The second kappa shape index (κ2) is 5.60. The van der Waals surface area contributed by atoms with Crippen LogP contribution in [-0.4, -0.2) is 45.0 Å². The lowest BCUT2D eigenvalue weighted by molar-refractivity contribution is -0.00888. The van der Waals surface area contributed by atoms with Gasteiger partial charge in [0, 0.05) is 44.3 Å². The SMILES string of the molecule is Cc1noc(C)c1CN1C2CC1CN(c1cnn(C)c(=O)c1Cl)C2. The quantitative estimate of drug-likeness (QED) is 0.836. The zero-order chi connectivity index (χ0) is 17.0. The van der Waals surface area contributed by atoms with E-state index in [1.54, 1.807) is 13.2 Å². The molecule has 2 aromatic heterocycles. The molecule has 5 heterocycles. The Hall–Kier alpha value is -1.86. The number of anilines is 1. The smallest absolute Gasteiger partial charge is 0.287 e. The molecule has 3 aliphatic rings. The van der Waals surface area contributed by atoms with Crippen molar-refractivity contribution in [3.8, 4) is 0 Å². The summed E-state index contributed by atoms with van der Waals surface area (Å²) in [4.78, 5) is 16.7. The molecule has 0 aliphatic carbocycles. The predicted octanol–water partition coefficient (Wildman–Crippen LogP) is 1.50. The highest BCUT2D eigenvalue weighted by molar-refractivity contribution is 6.33. The van der Waals surface area contributed by atoms with Gasteiger partial charge in [0.1, 0.15) is 10.8 Å². The van der Waals surface area contributed by atoms with E-state index < -0.39 is 0 Å². The van der Waals surface area contributed by atoms with Crippen LogP contribution in [0.15, 0.2) is 15.5 Å². The molecule has 2 bridgehead atoms. The number of halogens is 1. The number of aromatic nitrogens is 3. The van der Waals surface area contributed by atoms with Crippen molar-refractivity contribution >= 4 is 17.3 Å². The summed E-state index contributed by atoms with van der Waals surface area (Å²) in [5.41, 5.74) is 2.65. The maximum Gasteiger partial charge on any atom is 0.287 e. The van der Waals surface area contributed by atoms with Gasteiger partial charge in [-0.1, -0.05) is 16.8 Å². The lowest BCUT2D eigenvalue weighted by atomic mass is 9.86. The van der Waals surface area contributed by atoms with E-state index in [-0.39, 0.29) is 10.6 Å². The van der Waals surface area contributed by atoms with E-state index in [0.717, 1.165) is 36.8 Å². The van der Waals surface area contributed by atoms with Gasteiger partial charge in [-0.05, 0) is 20.3 Å². The first-order valence-corrected chi connectivity index (χ1v) is 8.47. The number of piperazine rings is 1. The van der Waals surface area contributed by atoms with Gasteiger partial charge >= 0.3 is 0 Å². The van der Waals surface area contributed by atoms with Crippen molar-refractivity contribution in [1.29, 1.82) is 0 Å². The minimum atomic E-state index is -0.249. The molecule has 3 aliphatic heterocycles. The van der Waals surface area contributed by atoms with Crippen LogP contribution in [0.3, 0.4) is 0 Å². The Morgan fingerprint density at radius 3 is 2.67 bits per heavy atom. The van der Waals surface area contributed by atoms with E-state index in [1.165, 1.54) is 16.7 Å². The fourth-order valence-corrected chi connectivity index (χ4v) is 4.07. The van der Waals surface area contributed by atoms with Crippen molar-refractivity contribution in [2.75, 3.05) is 18.0 Å². The number of fused-ring (bicyclic) bond motifs is 2. The Labute approximate surface area is 144 Å². The van der Waals surface area contributed by atoms with Crippen LogP contribution in [0.2, 0.25) is 5.02 Å². The van der Waals surface area contributed by atoms with E-state index in [0.29, 0.717) is 12.1 Å². The average Bonchev–Trinajstić information content (AvgIpc) is 2.89. The van der Waals surface area contributed by atoms with Gasteiger partial charge in [-0.25, -0.2) is 4.68 Å². The second-order valence-electron chi connectivity index (χ2n) is 6.70. The number of rotatable bonds is 3. The molecule has 0 amide bonds. The number of hydrogen-bond acceptors (Lipinski definition) is 6. The van der Waals surface area contributed by atoms with Gasteiger partial charge in [0.05, 0.1) is 17.6 Å². The highest BCUT2D eigenvalue weighted by atomic mass is 35.5. The Bertz CT molecular complexity index is 814. The second-order valence-corrected chi connectivity index (χ2v) is 7.07. The summed E-state index contributed by atoms with van der Waals surface area (Å²) in [7, 11) is 1.61. The summed E-state index contributed by atoms with van der Waals surface area (Å²) < 4.78 is 6.53. The molecule has 0 spiro atoms. The minimum Gasteiger partial charge on any atom is -0.366 e. The summed E-state index contributed by atoms with van der Waals surface area (Å²) in [5.74, 6) is 0.896. The molecule has 0 saturated carbocycles. The third-order valence-corrected chi connectivity index (χ3v) is 5.62. The first-order valence-electron chi connectivity index (χ1n) is 8.10. The summed E-state index contributed by atoms with van der Waals surface area (Å²) in [6.45, 7) is 6.52. The van der Waals surface area contributed by atoms with Gasteiger partial charge < -0.3 is 9.42 Å². The molecule has 0 aromatic carbocycles. The maximum atomic E-state index is 12.0. The summed E-state index contributed by atoms with van der Waals surface area (Å²) >= 11 is 6.24. The van der Waals surface area contributed by atoms with E-state index in [4.69, 9.17) is 16.1 Å². The van der Waals surface area contributed by atoms with Crippen LogP contribution in [0.5, 0.6) is 0 Å². The van der Waals surface area contributed by atoms with Crippen molar-refractivity contribution in [2.24, 2.45) is 7.05 Å². The molecule has 0 N–H and O–H groups in total. The number of nitrogens with zero attached hydrogens (tertiary/aromatic N) is 5. The molecule has 128 valence electrons. The molecule has 3 fully saturated rings. The van der Waals surface area contributed by atoms with Crippen LogP contribution in [0.4, 0.5) is 5.69 Å². The molecule has 0 radical (unpaired) electrons. The van der Waals surface area contributed by atoms with Crippen LogP contribution in [-0.2, 0) is 13.6 Å². The lowest BCUT2D eigenvalue weighted by Gasteiger charge is -2.57. The van der Waals surface area contributed by atoms with Crippen molar-refractivity contribution in [3.05, 3.63) is 38.6 Å². The minimum absolute atomic E-state index is 0.249. The van der Waals surface area contributed by atoms with Crippen molar-refractivity contribution < 1.29 is 4.52 Å². The van der Waals surface area contributed by atoms with Crippen LogP contribution in [0, 0.1) is 13.8 Å². The Kier molecular flexibility index (Phi) is 3.65. The molecule has 24 heavy (non-hydrogen) atoms. The Balaban J connectivity index is 1.51. The fraction of sp³-hybridized carbons (Fsp3) is 0.562. The first-order chi connectivity index (χ1) is 11.5. The van der Waals surface area contributed by atoms with Gasteiger partial charge in [0.2, 0.25) is 0 Å². The number of hydrogen-bond donors (Lipinski definition) is 0. The van der Waals surface area contributed by atoms with E-state index >= 15 is 0 Å². The molecule has 7 nitrogen and oxygen atoms in total. The largest absolute Gasteiger partial charge is 0.366 e. The van der Waals surface area contributed by atoms with Crippen molar-refractivity contribution in [3.63, 3.8) is 0 Å². The summed E-state index contributed by atoms with van der Waals surface area (Å²) in [5, 5.41) is 8.40. The maximum absolute atomic E-state index is 12.0.